The van der Waals surface area contributed by atoms with E-state index in [1.807, 2.05) is 0 Å². The largest absolute Gasteiger partial charge is 0.390 e. The molecule has 6 heteroatoms. The maximum Gasteiger partial charge on any atom is 0.106 e. The van der Waals surface area contributed by atoms with Crippen LogP contribution >= 0.6 is 34.8 Å². The van der Waals surface area contributed by atoms with E-state index in [1.54, 1.807) is 0 Å². The maximum atomic E-state index is 9.82. The molecule has 90 valence electrons. The quantitative estimate of drug-likeness (QED) is 0.744. The van der Waals surface area contributed by atoms with Crippen molar-refractivity contribution in [2.75, 3.05) is 6.54 Å². The lowest BCUT2D eigenvalue weighted by molar-refractivity contribution is 0.0151. The molecule has 0 saturated heterocycles. The summed E-state index contributed by atoms with van der Waals surface area (Å²) in [5.74, 6) is 0. The van der Waals surface area contributed by atoms with Crippen molar-refractivity contribution < 1.29 is 10.2 Å². The molecule has 0 fully saturated rings. The van der Waals surface area contributed by atoms with Crippen LogP contribution in [-0.4, -0.2) is 22.9 Å². The van der Waals surface area contributed by atoms with Gasteiger partial charge in [-0.25, -0.2) is 0 Å². The molecule has 2 unspecified atom stereocenters. The minimum atomic E-state index is -1.12. The Kier molecular flexibility index (Phi) is 5.31. The Morgan fingerprint density at radius 2 is 1.62 bits per heavy atom. The van der Waals surface area contributed by atoms with Crippen LogP contribution in [0.15, 0.2) is 12.1 Å². The molecule has 4 N–H and O–H groups in total. The fourth-order valence-corrected chi connectivity index (χ4v) is 1.97. The lowest BCUT2D eigenvalue weighted by Crippen LogP contribution is -2.22. The van der Waals surface area contributed by atoms with Gasteiger partial charge in [-0.3, -0.25) is 0 Å². The fraction of sp³-hybridized carbons (Fsp3) is 0.400. The monoisotopic (exact) mass is 283 g/mol. The lowest BCUT2D eigenvalue weighted by Gasteiger charge is -2.19. The highest BCUT2D eigenvalue weighted by molar-refractivity contribution is 6.43. The fourth-order valence-electron chi connectivity index (χ4n) is 1.30. The van der Waals surface area contributed by atoms with Crippen LogP contribution in [-0.2, 0) is 0 Å². The third kappa shape index (κ3) is 3.23. The zero-order valence-corrected chi connectivity index (χ0v) is 10.6. The topological polar surface area (TPSA) is 66.5 Å². The zero-order chi connectivity index (χ0) is 12.3. The molecular weight excluding hydrogens is 272 g/mol. The first-order chi connectivity index (χ1) is 7.47. The second kappa shape index (κ2) is 6.05. The summed E-state index contributed by atoms with van der Waals surface area (Å²) in [5.41, 5.74) is 5.63. The summed E-state index contributed by atoms with van der Waals surface area (Å²) < 4.78 is 0. The summed E-state index contributed by atoms with van der Waals surface area (Å²) in [6.07, 6.45) is -1.82. The molecule has 0 spiro atoms. The Labute approximate surface area is 109 Å². The van der Waals surface area contributed by atoms with E-state index < -0.39 is 12.2 Å². The molecule has 2 atom stereocenters. The van der Waals surface area contributed by atoms with Crippen LogP contribution in [0.4, 0.5) is 0 Å². The molecule has 0 heterocycles. The number of hydrogen-bond acceptors (Lipinski definition) is 3. The third-order valence-electron chi connectivity index (χ3n) is 2.19. The molecule has 0 aliphatic carbocycles. The van der Waals surface area contributed by atoms with E-state index in [4.69, 9.17) is 40.5 Å². The van der Waals surface area contributed by atoms with Crippen LogP contribution in [0, 0.1) is 0 Å². The van der Waals surface area contributed by atoms with Crippen LogP contribution in [0.25, 0.3) is 0 Å². The van der Waals surface area contributed by atoms with Gasteiger partial charge in [0.05, 0.1) is 16.1 Å². The smallest absolute Gasteiger partial charge is 0.106 e. The zero-order valence-electron chi connectivity index (χ0n) is 8.33. The third-order valence-corrected chi connectivity index (χ3v) is 3.23. The van der Waals surface area contributed by atoms with Gasteiger partial charge in [0.15, 0.2) is 0 Å². The molecule has 0 aromatic heterocycles. The summed E-state index contributed by atoms with van der Waals surface area (Å²) in [4.78, 5) is 0. The molecule has 1 aromatic carbocycles. The van der Waals surface area contributed by atoms with Gasteiger partial charge < -0.3 is 15.9 Å². The summed E-state index contributed by atoms with van der Waals surface area (Å²) in [6.45, 7) is 0.275. The van der Waals surface area contributed by atoms with Gasteiger partial charge in [0.2, 0.25) is 0 Å². The van der Waals surface area contributed by atoms with Crippen molar-refractivity contribution in [3.05, 3.63) is 32.8 Å². The van der Waals surface area contributed by atoms with Gasteiger partial charge in [-0.1, -0.05) is 34.8 Å². The minimum Gasteiger partial charge on any atom is -0.390 e. The number of aliphatic hydroxyl groups is 2. The Hall–Kier alpha value is -0.0300. The van der Waals surface area contributed by atoms with Crippen LogP contribution < -0.4 is 5.73 Å². The number of rotatable bonds is 4. The average molecular weight is 285 g/mol. The highest BCUT2D eigenvalue weighted by atomic mass is 35.5. The van der Waals surface area contributed by atoms with E-state index >= 15 is 0 Å². The number of halogens is 3. The molecule has 0 aliphatic rings. The van der Waals surface area contributed by atoms with E-state index in [2.05, 4.69) is 0 Å². The highest BCUT2D eigenvalue weighted by Gasteiger charge is 2.21. The first kappa shape index (κ1) is 14.0. The van der Waals surface area contributed by atoms with Crippen molar-refractivity contribution in [2.45, 2.75) is 18.6 Å². The first-order valence-corrected chi connectivity index (χ1v) is 5.81. The van der Waals surface area contributed by atoms with E-state index in [9.17, 15) is 10.2 Å². The molecule has 0 amide bonds. The summed E-state index contributed by atoms with van der Waals surface area (Å²) in [7, 11) is 0. The molecule has 0 bridgehead atoms. The molecule has 1 aromatic rings. The molecule has 0 aliphatic heterocycles. The van der Waals surface area contributed by atoms with Crippen molar-refractivity contribution in [2.24, 2.45) is 5.73 Å². The predicted molar refractivity (Wildman–Crippen MR) is 66.1 cm³/mol. The first-order valence-electron chi connectivity index (χ1n) is 4.68. The van der Waals surface area contributed by atoms with Crippen molar-refractivity contribution in [1.29, 1.82) is 0 Å². The van der Waals surface area contributed by atoms with Gasteiger partial charge in [-0.2, -0.15) is 0 Å². The van der Waals surface area contributed by atoms with Gasteiger partial charge in [0.1, 0.15) is 6.10 Å². The van der Waals surface area contributed by atoms with Gasteiger partial charge in [0.25, 0.3) is 0 Å². The molecule has 0 radical (unpaired) electrons. The predicted octanol–water partition coefficient (Wildman–Crippen LogP) is 2.39. The Balaban J connectivity index is 2.99. The average Bonchev–Trinajstić information content (AvgIpc) is 2.23. The second-order valence-electron chi connectivity index (χ2n) is 3.38. The van der Waals surface area contributed by atoms with Crippen LogP contribution in [0.3, 0.4) is 0 Å². The molecule has 3 nitrogen and oxygen atoms in total. The van der Waals surface area contributed by atoms with Crippen molar-refractivity contribution in [1.82, 2.24) is 0 Å². The van der Waals surface area contributed by atoms with Crippen molar-refractivity contribution >= 4 is 34.8 Å². The van der Waals surface area contributed by atoms with E-state index in [-0.39, 0.29) is 23.0 Å². The number of aliphatic hydroxyl groups excluding tert-OH is 2. The van der Waals surface area contributed by atoms with Crippen molar-refractivity contribution in [3.8, 4) is 0 Å². The maximum absolute atomic E-state index is 9.82. The molecular formula is C10H12Cl3NO2. The van der Waals surface area contributed by atoms with Crippen LogP contribution in [0.1, 0.15) is 18.1 Å². The highest BCUT2D eigenvalue weighted by Crippen LogP contribution is 2.33. The standard InChI is InChI=1S/C10H12Cl3NO2/c11-6-4-8(13)7(12)3-5(6)10(16)9(15)1-2-14/h3-4,9-10,15-16H,1-2,14H2. The SMILES string of the molecule is NCCC(O)C(O)c1cc(Cl)c(Cl)cc1Cl. The van der Waals surface area contributed by atoms with Crippen LogP contribution in [0.2, 0.25) is 15.1 Å². The van der Waals surface area contributed by atoms with E-state index in [0.717, 1.165) is 0 Å². The van der Waals surface area contributed by atoms with E-state index in [0.29, 0.717) is 10.6 Å². The Morgan fingerprint density at radius 1 is 1.06 bits per heavy atom. The summed E-state index contributed by atoms with van der Waals surface area (Å²) in [5, 5.41) is 20.3. The summed E-state index contributed by atoms with van der Waals surface area (Å²) >= 11 is 17.4. The van der Waals surface area contributed by atoms with Gasteiger partial charge in [-0.05, 0) is 25.1 Å². The number of benzene rings is 1. The summed E-state index contributed by atoms with van der Waals surface area (Å²) in [6, 6.07) is 2.87. The van der Waals surface area contributed by atoms with Gasteiger partial charge in [-0.15, -0.1) is 0 Å². The molecule has 0 saturated carbocycles. The number of hydrogen-bond donors (Lipinski definition) is 3. The minimum absolute atomic E-state index is 0.262. The lowest BCUT2D eigenvalue weighted by atomic mass is 10.0. The van der Waals surface area contributed by atoms with E-state index in [1.165, 1.54) is 12.1 Å². The normalized spacial score (nSPS) is 14.9. The molecule has 1 rings (SSSR count). The molecule has 16 heavy (non-hydrogen) atoms. The van der Waals surface area contributed by atoms with Gasteiger partial charge >= 0.3 is 0 Å². The Bertz CT molecular complexity index is 373. The van der Waals surface area contributed by atoms with Crippen molar-refractivity contribution in [3.63, 3.8) is 0 Å². The second-order valence-corrected chi connectivity index (χ2v) is 4.60. The van der Waals surface area contributed by atoms with Crippen LogP contribution in [0.5, 0.6) is 0 Å². The van der Waals surface area contributed by atoms with Gasteiger partial charge in [0, 0.05) is 10.6 Å². The number of nitrogens with two attached hydrogens (primary N) is 1. The Morgan fingerprint density at radius 3 is 2.19 bits per heavy atom.